The molecule has 0 spiro atoms. The van der Waals surface area contributed by atoms with Gasteiger partial charge in [-0.2, -0.15) is 0 Å². The number of ether oxygens (including phenoxy) is 2. The Morgan fingerprint density at radius 3 is 2.57 bits per heavy atom. The Morgan fingerprint density at radius 1 is 1.18 bits per heavy atom. The van der Waals surface area contributed by atoms with Crippen LogP contribution in [0, 0.1) is 0 Å². The zero-order chi connectivity index (χ0) is 20.1. The second-order valence-electron chi connectivity index (χ2n) is 6.57. The first-order chi connectivity index (χ1) is 13.5. The fourth-order valence-corrected chi connectivity index (χ4v) is 3.53. The van der Waals surface area contributed by atoms with Crippen LogP contribution in [-0.4, -0.2) is 56.7 Å². The van der Waals surface area contributed by atoms with Crippen LogP contribution in [-0.2, 0) is 13.0 Å². The third-order valence-electron chi connectivity index (χ3n) is 4.82. The first-order valence-corrected chi connectivity index (χ1v) is 9.51. The van der Waals surface area contributed by atoms with Crippen molar-refractivity contribution in [2.75, 3.05) is 46.2 Å². The Balaban J connectivity index is 1.56. The van der Waals surface area contributed by atoms with Gasteiger partial charge < -0.3 is 20.1 Å². The van der Waals surface area contributed by atoms with Crippen LogP contribution in [0.3, 0.4) is 0 Å². The summed E-state index contributed by atoms with van der Waals surface area (Å²) in [5.41, 5.74) is 3.00. The number of anilines is 1. The van der Waals surface area contributed by atoms with Crippen molar-refractivity contribution in [1.29, 1.82) is 0 Å². The number of hydrogen-bond acceptors (Lipinski definition) is 6. The topological polar surface area (TPSA) is 75.7 Å². The highest BCUT2D eigenvalue weighted by molar-refractivity contribution is 6.29. The molecule has 0 fully saturated rings. The van der Waals surface area contributed by atoms with E-state index in [1.165, 1.54) is 11.1 Å². The summed E-state index contributed by atoms with van der Waals surface area (Å²) < 4.78 is 10.8. The summed E-state index contributed by atoms with van der Waals surface area (Å²) in [4.78, 5) is 18.8. The van der Waals surface area contributed by atoms with Crippen LogP contribution in [0.1, 0.15) is 21.5 Å². The summed E-state index contributed by atoms with van der Waals surface area (Å²) in [6, 6.07) is 7.34. The number of fused-ring (bicyclic) bond motifs is 1. The van der Waals surface area contributed by atoms with Gasteiger partial charge in [-0.25, -0.2) is 4.98 Å². The normalized spacial score (nSPS) is 13.6. The summed E-state index contributed by atoms with van der Waals surface area (Å²) in [5, 5.41) is 6.13. The molecule has 0 saturated carbocycles. The molecule has 3 rings (SSSR count). The van der Waals surface area contributed by atoms with Crippen molar-refractivity contribution in [3.8, 4) is 11.5 Å². The lowest BCUT2D eigenvalue weighted by Gasteiger charge is -2.29. The second kappa shape index (κ2) is 9.12. The molecule has 1 aliphatic rings. The molecule has 1 amide bonds. The number of hydrogen-bond donors (Lipinski definition) is 2. The summed E-state index contributed by atoms with van der Waals surface area (Å²) in [7, 11) is 5.03. The Morgan fingerprint density at radius 2 is 1.89 bits per heavy atom. The third-order valence-corrected chi connectivity index (χ3v) is 5.02. The van der Waals surface area contributed by atoms with E-state index in [-0.39, 0.29) is 11.1 Å². The van der Waals surface area contributed by atoms with Crippen molar-refractivity contribution >= 4 is 23.3 Å². The van der Waals surface area contributed by atoms with Crippen LogP contribution >= 0.6 is 11.6 Å². The lowest BCUT2D eigenvalue weighted by atomic mass is 9.99. The van der Waals surface area contributed by atoms with Crippen LogP contribution in [0.4, 0.5) is 5.82 Å². The van der Waals surface area contributed by atoms with E-state index in [1.807, 2.05) is 6.07 Å². The molecule has 0 bridgehead atoms. The van der Waals surface area contributed by atoms with Gasteiger partial charge in [0.25, 0.3) is 5.91 Å². The lowest BCUT2D eigenvalue weighted by molar-refractivity contribution is 0.0947. The van der Waals surface area contributed by atoms with Crippen LogP contribution in [0.5, 0.6) is 11.5 Å². The molecule has 0 unspecified atom stereocenters. The van der Waals surface area contributed by atoms with Gasteiger partial charge >= 0.3 is 0 Å². The second-order valence-corrected chi connectivity index (χ2v) is 6.96. The number of amides is 1. The zero-order valence-electron chi connectivity index (χ0n) is 16.3. The summed E-state index contributed by atoms with van der Waals surface area (Å²) in [5.74, 6) is 1.91. The van der Waals surface area contributed by atoms with Gasteiger partial charge in [-0.3, -0.25) is 9.69 Å². The number of pyridine rings is 1. The van der Waals surface area contributed by atoms with Crippen molar-refractivity contribution in [2.45, 2.75) is 13.0 Å². The SMILES string of the molecule is CNc1cc(C(=O)NCCN2CCc3cc(OC)c(OC)cc3C2)cc(Cl)n1. The number of nitrogens with zero attached hydrogens (tertiary/aromatic N) is 2. The Bertz CT molecular complexity index is 860. The number of aromatic nitrogens is 1. The van der Waals surface area contributed by atoms with Crippen LogP contribution in [0.15, 0.2) is 24.3 Å². The molecule has 2 heterocycles. The average Bonchev–Trinajstić information content (AvgIpc) is 2.71. The Labute approximate surface area is 170 Å². The molecule has 0 aliphatic carbocycles. The molecular formula is C20H25ClN4O3. The highest BCUT2D eigenvalue weighted by atomic mass is 35.5. The molecule has 2 aromatic rings. The number of carbonyl (C=O) groups excluding carboxylic acids is 1. The van der Waals surface area contributed by atoms with Crippen LogP contribution < -0.4 is 20.1 Å². The van der Waals surface area contributed by atoms with Crippen molar-refractivity contribution in [3.63, 3.8) is 0 Å². The number of rotatable bonds is 7. The molecule has 7 nitrogen and oxygen atoms in total. The van der Waals surface area contributed by atoms with Crippen molar-refractivity contribution in [3.05, 3.63) is 46.1 Å². The van der Waals surface area contributed by atoms with Crippen LogP contribution in [0.2, 0.25) is 5.15 Å². The molecule has 2 N–H and O–H groups in total. The Hall–Kier alpha value is -2.51. The number of methoxy groups -OCH3 is 2. The molecule has 0 saturated heterocycles. The molecule has 1 aliphatic heterocycles. The van der Waals surface area contributed by atoms with Gasteiger partial charge in [0, 0.05) is 38.8 Å². The van der Waals surface area contributed by atoms with E-state index in [0.29, 0.717) is 17.9 Å². The molecule has 0 radical (unpaired) electrons. The van der Waals surface area contributed by atoms with Gasteiger partial charge in [-0.05, 0) is 41.8 Å². The van der Waals surface area contributed by atoms with E-state index in [9.17, 15) is 4.79 Å². The standard InChI is InChI=1S/C20H25ClN4O3/c1-22-19-11-14(10-18(21)24-19)20(26)23-5-7-25-6-4-13-8-16(27-2)17(28-3)9-15(13)12-25/h8-11H,4-7,12H2,1-3H3,(H,22,24)(H,23,26). The zero-order valence-corrected chi connectivity index (χ0v) is 17.1. The molecule has 150 valence electrons. The maximum Gasteiger partial charge on any atom is 0.251 e. The highest BCUT2D eigenvalue weighted by Crippen LogP contribution is 2.33. The summed E-state index contributed by atoms with van der Waals surface area (Å²) in [6.45, 7) is 3.06. The van der Waals surface area contributed by atoms with Gasteiger partial charge in [0.1, 0.15) is 11.0 Å². The van der Waals surface area contributed by atoms with Crippen molar-refractivity contribution in [2.24, 2.45) is 0 Å². The lowest BCUT2D eigenvalue weighted by Crippen LogP contribution is -2.37. The molecule has 1 aromatic heterocycles. The molecule has 28 heavy (non-hydrogen) atoms. The molecular weight excluding hydrogens is 380 g/mol. The van der Waals surface area contributed by atoms with E-state index in [2.05, 4.69) is 26.6 Å². The largest absolute Gasteiger partial charge is 0.493 e. The van der Waals surface area contributed by atoms with Gasteiger partial charge in [0.05, 0.1) is 14.2 Å². The monoisotopic (exact) mass is 404 g/mol. The smallest absolute Gasteiger partial charge is 0.251 e. The molecule has 8 heteroatoms. The fraction of sp³-hybridized carbons (Fsp3) is 0.400. The minimum Gasteiger partial charge on any atom is -0.493 e. The summed E-state index contributed by atoms with van der Waals surface area (Å²) in [6.07, 6.45) is 0.940. The van der Waals surface area contributed by atoms with Gasteiger partial charge in [-0.15, -0.1) is 0 Å². The fourth-order valence-electron chi connectivity index (χ4n) is 3.32. The molecule has 0 atom stereocenters. The maximum atomic E-state index is 12.4. The van der Waals surface area contributed by atoms with Crippen molar-refractivity contribution in [1.82, 2.24) is 15.2 Å². The molecule has 1 aromatic carbocycles. The highest BCUT2D eigenvalue weighted by Gasteiger charge is 2.19. The predicted molar refractivity (Wildman–Crippen MR) is 110 cm³/mol. The van der Waals surface area contributed by atoms with Crippen LogP contribution in [0.25, 0.3) is 0 Å². The predicted octanol–water partition coefficient (Wildman–Crippen LogP) is 2.58. The van der Waals surface area contributed by atoms with Gasteiger partial charge in [-0.1, -0.05) is 11.6 Å². The average molecular weight is 405 g/mol. The first kappa shape index (κ1) is 20.2. The van der Waals surface area contributed by atoms with Crippen molar-refractivity contribution < 1.29 is 14.3 Å². The minimum absolute atomic E-state index is 0.162. The quantitative estimate of drug-likeness (QED) is 0.691. The maximum absolute atomic E-state index is 12.4. The number of benzene rings is 1. The number of halogens is 1. The number of carbonyl (C=O) groups is 1. The van der Waals surface area contributed by atoms with Gasteiger partial charge in [0.15, 0.2) is 11.5 Å². The summed E-state index contributed by atoms with van der Waals surface area (Å²) >= 11 is 5.96. The van der Waals surface area contributed by atoms with E-state index < -0.39 is 0 Å². The van der Waals surface area contributed by atoms with E-state index in [1.54, 1.807) is 33.4 Å². The minimum atomic E-state index is -0.162. The third kappa shape index (κ3) is 4.66. The first-order valence-electron chi connectivity index (χ1n) is 9.13. The van der Waals surface area contributed by atoms with E-state index in [0.717, 1.165) is 37.6 Å². The van der Waals surface area contributed by atoms with E-state index in [4.69, 9.17) is 21.1 Å². The van der Waals surface area contributed by atoms with Gasteiger partial charge in [0.2, 0.25) is 0 Å². The van der Waals surface area contributed by atoms with E-state index >= 15 is 0 Å². The Kier molecular flexibility index (Phi) is 6.59. The number of nitrogens with one attached hydrogen (secondary N) is 2.